The van der Waals surface area contributed by atoms with Crippen LogP contribution < -0.4 is 10.0 Å². The van der Waals surface area contributed by atoms with Crippen molar-refractivity contribution in [1.29, 1.82) is 0 Å². The largest absolute Gasteiger partial charge is 0.481 e. The molecule has 0 aliphatic rings. The van der Waals surface area contributed by atoms with E-state index in [2.05, 4.69) is 10.0 Å². The lowest BCUT2D eigenvalue weighted by atomic mass is 10.1. The Bertz CT molecular complexity index is 900. The second-order valence-electron chi connectivity index (χ2n) is 5.75. The fourth-order valence-electron chi connectivity index (χ4n) is 2.32. The van der Waals surface area contributed by atoms with Gasteiger partial charge in [-0.1, -0.05) is 17.7 Å². The summed E-state index contributed by atoms with van der Waals surface area (Å²) in [7, 11) is -3.66. The third-order valence-electron chi connectivity index (χ3n) is 3.62. The summed E-state index contributed by atoms with van der Waals surface area (Å²) in [4.78, 5) is 23.2. The lowest BCUT2D eigenvalue weighted by molar-refractivity contribution is -0.136. The van der Waals surface area contributed by atoms with Crippen LogP contribution in [0.5, 0.6) is 0 Å². The highest BCUT2D eigenvalue weighted by Gasteiger charge is 2.20. The number of hydrogen-bond acceptors (Lipinski definition) is 5. The average Bonchev–Trinajstić information content (AvgIpc) is 2.91. The number of furan rings is 1. The summed E-state index contributed by atoms with van der Waals surface area (Å²) in [6.45, 7) is 3.52. The first-order valence-corrected chi connectivity index (χ1v) is 9.32. The number of sulfonamides is 1. The Morgan fingerprint density at radius 3 is 2.38 bits per heavy atom. The van der Waals surface area contributed by atoms with E-state index < -0.39 is 28.3 Å². The number of nitrogens with one attached hydrogen (secondary N) is 2. The maximum absolute atomic E-state index is 12.2. The molecular weight excluding hydrogens is 360 g/mol. The standard InChI is InChI=1S/C17H20N2O6S/c1-11-3-5-13(6-4-11)26(23,24)19-8-7-18-17(22)16-12(2)10-25-14(16)9-15(20)21/h3-6,10,19H,7-9H2,1-2H3,(H,18,22)(H,20,21). The molecule has 9 heteroatoms. The van der Waals surface area contributed by atoms with Gasteiger partial charge < -0.3 is 14.8 Å². The zero-order chi connectivity index (χ0) is 19.3. The number of carboxylic acids is 1. The van der Waals surface area contributed by atoms with Crippen LogP contribution in [0.1, 0.15) is 27.2 Å². The van der Waals surface area contributed by atoms with Crippen molar-refractivity contribution in [3.05, 3.63) is 53.0 Å². The minimum absolute atomic E-state index is 0.00683. The van der Waals surface area contributed by atoms with Gasteiger partial charge in [-0.15, -0.1) is 0 Å². The fourth-order valence-corrected chi connectivity index (χ4v) is 3.35. The Labute approximate surface area is 151 Å². The number of carboxylic acid groups (broad SMARTS) is 1. The smallest absolute Gasteiger partial charge is 0.311 e. The number of amides is 1. The van der Waals surface area contributed by atoms with Crippen LogP contribution in [-0.4, -0.2) is 38.5 Å². The van der Waals surface area contributed by atoms with Gasteiger partial charge in [0, 0.05) is 18.7 Å². The predicted octanol–water partition coefficient (Wildman–Crippen LogP) is 1.23. The van der Waals surface area contributed by atoms with Crippen LogP contribution in [0.15, 0.2) is 39.8 Å². The molecule has 0 fully saturated rings. The molecule has 0 atom stereocenters. The summed E-state index contributed by atoms with van der Waals surface area (Å²) in [6.07, 6.45) is 0.907. The summed E-state index contributed by atoms with van der Waals surface area (Å²) in [6, 6.07) is 6.40. The molecule has 0 spiro atoms. The van der Waals surface area contributed by atoms with Crippen molar-refractivity contribution >= 4 is 21.9 Å². The minimum atomic E-state index is -3.66. The van der Waals surface area contributed by atoms with E-state index in [0.717, 1.165) is 5.56 Å². The first-order valence-electron chi connectivity index (χ1n) is 7.84. The molecule has 1 aromatic carbocycles. The Balaban J connectivity index is 1.92. The van der Waals surface area contributed by atoms with Crippen LogP contribution in [-0.2, 0) is 21.2 Å². The number of rotatable bonds is 8. The summed E-state index contributed by atoms with van der Waals surface area (Å²) < 4.78 is 31.8. The Morgan fingerprint density at radius 2 is 1.77 bits per heavy atom. The van der Waals surface area contributed by atoms with E-state index in [-0.39, 0.29) is 29.3 Å². The Kier molecular flexibility index (Phi) is 6.17. The van der Waals surface area contributed by atoms with Gasteiger partial charge in [0.15, 0.2) is 0 Å². The van der Waals surface area contributed by atoms with Crippen LogP contribution >= 0.6 is 0 Å². The molecule has 3 N–H and O–H groups in total. The van der Waals surface area contributed by atoms with Gasteiger partial charge >= 0.3 is 5.97 Å². The van der Waals surface area contributed by atoms with E-state index in [4.69, 9.17) is 9.52 Å². The molecule has 0 unspecified atom stereocenters. The third-order valence-corrected chi connectivity index (χ3v) is 5.10. The van der Waals surface area contributed by atoms with E-state index in [1.165, 1.54) is 18.4 Å². The molecule has 0 radical (unpaired) electrons. The highest BCUT2D eigenvalue weighted by molar-refractivity contribution is 7.89. The van der Waals surface area contributed by atoms with Gasteiger partial charge in [-0.3, -0.25) is 9.59 Å². The summed E-state index contributed by atoms with van der Waals surface area (Å²) in [5.41, 5.74) is 1.62. The molecule has 2 aromatic rings. The molecule has 0 aliphatic heterocycles. The number of carbonyl (C=O) groups excluding carboxylic acids is 1. The molecule has 1 aromatic heterocycles. The van der Waals surface area contributed by atoms with Crippen LogP contribution in [0.3, 0.4) is 0 Å². The van der Waals surface area contributed by atoms with Crippen molar-refractivity contribution in [3.8, 4) is 0 Å². The van der Waals surface area contributed by atoms with E-state index >= 15 is 0 Å². The van der Waals surface area contributed by atoms with Crippen LogP contribution in [0.2, 0.25) is 0 Å². The van der Waals surface area contributed by atoms with Crippen molar-refractivity contribution in [3.63, 3.8) is 0 Å². The molecule has 2 rings (SSSR count). The molecule has 0 saturated carbocycles. The van der Waals surface area contributed by atoms with E-state index in [1.54, 1.807) is 19.1 Å². The lowest BCUT2D eigenvalue weighted by Gasteiger charge is -2.09. The molecule has 26 heavy (non-hydrogen) atoms. The number of hydrogen-bond donors (Lipinski definition) is 3. The Morgan fingerprint density at radius 1 is 1.12 bits per heavy atom. The van der Waals surface area contributed by atoms with Gasteiger partial charge in [0.2, 0.25) is 10.0 Å². The SMILES string of the molecule is Cc1ccc(S(=O)(=O)NCCNC(=O)c2c(C)coc2CC(=O)O)cc1. The molecule has 0 saturated heterocycles. The first-order chi connectivity index (χ1) is 12.2. The Hall–Kier alpha value is -2.65. The van der Waals surface area contributed by atoms with Gasteiger partial charge in [0.1, 0.15) is 12.2 Å². The maximum atomic E-state index is 12.2. The monoisotopic (exact) mass is 380 g/mol. The molecule has 140 valence electrons. The lowest BCUT2D eigenvalue weighted by Crippen LogP contribution is -2.35. The molecule has 0 aliphatic carbocycles. The van der Waals surface area contributed by atoms with Gasteiger partial charge in [0.05, 0.1) is 16.7 Å². The van der Waals surface area contributed by atoms with Crippen molar-refractivity contribution in [2.24, 2.45) is 0 Å². The van der Waals surface area contributed by atoms with Crippen molar-refractivity contribution in [2.45, 2.75) is 25.2 Å². The quantitative estimate of drug-likeness (QED) is 0.592. The summed E-state index contributed by atoms with van der Waals surface area (Å²) >= 11 is 0. The number of carbonyl (C=O) groups is 2. The van der Waals surface area contributed by atoms with Gasteiger partial charge in [-0.2, -0.15) is 0 Å². The van der Waals surface area contributed by atoms with Crippen LogP contribution in [0.25, 0.3) is 0 Å². The van der Waals surface area contributed by atoms with Crippen LogP contribution in [0.4, 0.5) is 0 Å². The zero-order valence-electron chi connectivity index (χ0n) is 14.4. The highest BCUT2D eigenvalue weighted by Crippen LogP contribution is 2.17. The summed E-state index contributed by atoms with van der Waals surface area (Å²) in [5, 5.41) is 11.4. The molecule has 1 amide bonds. The van der Waals surface area contributed by atoms with Crippen LogP contribution in [0, 0.1) is 13.8 Å². The minimum Gasteiger partial charge on any atom is -0.481 e. The van der Waals surface area contributed by atoms with Gasteiger partial charge in [-0.25, -0.2) is 13.1 Å². The average molecular weight is 380 g/mol. The number of aryl methyl sites for hydroxylation is 2. The van der Waals surface area contributed by atoms with Crippen molar-refractivity contribution < 1.29 is 27.5 Å². The van der Waals surface area contributed by atoms with Gasteiger partial charge in [-0.05, 0) is 26.0 Å². The van der Waals surface area contributed by atoms with E-state index in [0.29, 0.717) is 5.56 Å². The number of aliphatic carboxylic acids is 1. The normalized spacial score (nSPS) is 11.3. The maximum Gasteiger partial charge on any atom is 0.311 e. The van der Waals surface area contributed by atoms with Crippen molar-refractivity contribution in [1.82, 2.24) is 10.0 Å². The third kappa shape index (κ3) is 4.93. The molecule has 1 heterocycles. The molecular formula is C17H20N2O6S. The van der Waals surface area contributed by atoms with Gasteiger partial charge in [0.25, 0.3) is 5.91 Å². The zero-order valence-corrected chi connectivity index (χ0v) is 15.2. The summed E-state index contributed by atoms with van der Waals surface area (Å²) in [5.74, 6) is -1.56. The second-order valence-corrected chi connectivity index (χ2v) is 7.52. The second kappa shape index (κ2) is 8.15. The first kappa shape index (κ1) is 19.7. The fraction of sp³-hybridized carbons (Fsp3) is 0.294. The molecule has 8 nitrogen and oxygen atoms in total. The highest BCUT2D eigenvalue weighted by atomic mass is 32.2. The van der Waals surface area contributed by atoms with E-state index in [9.17, 15) is 18.0 Å². The molecule has 0 bridgehead atoms. The number of benzene rings is 1. The topological polar surface area (TPSA) is 126 Å². The van der Waals surface area contributed by atoms with E-state index in [1.807, 2.05) is 6.92 Å². The van der Waals surface area contributed by atoms with Crippen molar-refractivity contribution in [2.75, 3.05) is 13.1 Å². The predicted molar refractivity (Wildman–Crippen MR) is 93.5 cm³/mol.